The lowest BCUT2D eigenvalue weighted by atomic mass is 9.86. The smallest absolute Gasteiger partial charge is 0.407 e. The van der Waals surface area contributed by atoms with Crippen LogP contribution in [0, 0.1) is 0 Å². The summed E-state index contributed by atoms with van der Waals surface area (Å²) in [5.41, 5.74) is 3.76. The van der Waals surface area contributed by atoms with E-state index in [2.05, 4.69) is 29.6 Å². The van der Waals surface area contributed by atoms with Crippen LogP contribution in [-0.4, -0.2) is 65.9 Å². The molecule has 35 heavy (non-hydrogen) atoms. The van der Waals surface area contributed by atoms with Gasteiger partial charge >= 0.3 is 12.1 Å². The molecule has 0 saturated carbocycles. The Balaban J connectivity index is 1.27. The van der Waals surface area contributed by atoms with Gasteiger partial charge in [-0.25, -0.2) is 9.59 Å². The molecule has 0 aromatic heterocycles. The van der Waals surface area contributed by atoms with Crippen molar-refractivity contribution in [3.63, 3.8) is 0 Å². The van der Waals surface area contributed by atoms with E-state index in [1.165, 1.54) is 4.90 Å². The standard InChI is InChI=1S/C27H30N2O6/c30-24(29-13-5-10-23(29)25(31)32)16-27(11-14-34-15-12-27)28-26(33)35-17-22-20-8-3-1-6-18(20)19-7-2-4-9-21(19)22/h1-4,6-9,22-23H,5,10-17H2,(H,28,33)(H,31,32)/t23-/m1/s1. The van der Waals surface area contributed by atoms with Crippen molar-refractivity contribution in [2.75, 3.05) is 26.4 Å². The van der Waals surface area contributed by atoms with E-state index in [9.17, 15) is 19.5 Å². The minimum Gasteiger partial charge on any atom is -0.480 e. The minimum absolute atomic E-state index is 0.0321. The summed E-state index contributed by atoms with van der Waals surface area (Å²) in [4.78, 5) is 39.0. The van der Waals surface area contributed by atoms with Gasteiger partial charge in [0.05, 0.1) is 12.0 Å². The van der Waals surface area contributed by atoms with Gasteiger partial charge in [-0.15, -0.1) is 0 Å². The fraction of sp³-hybridized carbons (Fsp3) is 0.444. The number of carboxylic acid groups (broad SMARTS) is 1. The molecule has 8 heteroatoms. The van der Waals surface area contributed by atoms with Crippen LogP contribution in [0.25, 0.3) is 11.1 Å². The SMILES string of the molecule is O=C(NC1(CC(=O)N2CCC[C@@H]2C(=O)O)CCOCC1)OCC1c2ccccc2-c2ccccc21. The second-order valence-electron chi connectivity index (χ2n) is 9.60. The van der Waals surface area contributed by atoms with E-state index in [4.69, 9.17) is 9.47 Å². The molecule has 2 amide bonds. The number of carbonyl (C=O) groups excluding carboxylic acids is 2. The van der Waals surface area contributed by atoms with E-state index in [1.807, 2.05) is 24.3 Å². The molecular formula is C27H30N2O6. The number of aliphatic carboxylic acids is 1. The van der Waals surface area contributed by atoms with Gasteiger partial charge in [0.15, 0.2) is 0 Å². The van der Waals surface area contributed by atoms with E-state index in [0.29, 0.717) is 45.4 Å². The maximum absolute atomic E-state index is 13.1. The Morgan fingerprint density at radius 2 is 1.66 bits per heavy atom. The van der Waals surface area contributed by atoms with Crippen molar-refractivity contribution >= 4 is 18.0 Å². The van der Waals surface area contributed by atoms with E-state index in [1.54, 1.807) is 0 Å². The number of rotatable bonds is 6. The van der Waals surface area contributed by atoms with Crippen molar-refractivity contribution in [1.29, 1.82) is 0 Å². The van der Waals surface area contributed by atoms with Crippen LogP contribution in [0.2, 0.25) is 0 Å². The van der Waals surface area contributed by atoms with Crippen LogP contribution in [0.5, 0.6) is 0 Å². The molecule has 1 atom stereocenters. The number of hydrogen-bond donors (Lipinski definition) is 2. The van der Waals surface area contributed by atoms with Crippen molar-refractivity contribution in [1.82, 2.24) is 10.2 Å². The molecule has 2 heterocycles. The van der Waals surface area contributed by atoms with Gasteiger partial charge in [0.2, 0.25) is 5.91 Å². The number of nitrogens with zero attached hydrogens (tertiary/aromatic N) is 1. The summed E-state index contributed by atoms with van der Waals surface area (Å²) in [6, 6.07) is 15.5. The summed E-state index contributed by atoms with van der Waals surface area (Å²) < 4.78 is 11.2. The quantitative estimate of drug-likeness (QED) is 0.658. The third-order valence-corrected chi connectivity index (χ3v) is 7.51. The second kappa shape index (κ2) is 9.70. The Hall–Kier alpha value is -3.39. The molecule has 2 aliphatic heterocycles. The van der Waals surface area contributed by atoms with Crippen molar-refractivity contribution in [2.45, 2.75) is 49.6 Å². The number of fused-ring (bicyclic) bond motifs is 3. The second-order valence-corrected chi connectivity index (χ2v) is 9.60. The molecule has 2 aromatic carbocycles. The predicted molar refractivity (Wildman–Crippen MR) is 128 cm³/mol. The van der Waals surface area contributed by atoms with Crippen LogP contribution in [0.3, 0.4) is 0 Å². The maximum Gasteiger partial charge on any atom is 0.407 e. The molecule has 2 aromatic rings. The molecule has 2 saturated heterocycles. The number of benzene rings is 2. The van der Waals surface area contributed by atoms with Gasteiger partial charge in [-0.05, 0) is 47.9 Å². The highest BCUT2D eigenvalue weighted by Gasteiger charge is 2.42. The number of carboxylic acids is 1. The summed E-state index contributed by atoms with van der Waals surface area (Å²) in [5, 5.41) is 12.4. The predicted octanol–water partition coefficient (Wildman–Crippen LogP) is 3.54. The number of ether oxygens (including phenoxy) is 2. The number of likely N-dealkylation sites (tertiary alicyclic amines) is 1. The molecule has 0 bridgehead atoms. The lowest BCUT2D eigenvalue weighted by Gasteiger charge is -2.38. The monoisotopic (exact) mass is 478 g/mol. The van der Waals surface area contributed by atoms with Crippen LogP contribution in [0.4, 0.5) is 4.79 Å². The van der Waals surface area contributed by atoms with Gasteiger partial charge in [0, 0.05) is 25.7 Å². The average Bonchev–Trinajstić information content (AvgIpc) is 3.47. The van der Waals surface area contributed by atoms with Gasteiger partial charge in [0.1, 0.15) is 12.6 Å². The molecule has 3 aliphatic rings. The fourth-order valence-electron chi connectivity index (χ4n) is 5.67. The normalized spacial score (nSPS) is 20.7. The average molecular weight is 479 g/mol. The van der Waals surface area contributed by atoms with Gasteiger partial charge in [-0.3, -0.25) is 4.79 Å². The first-order valence-electron chi connectivity index (χ1n) is 12.2. The summed E-state index contributed by atoms with van der Waals surface area (Å²) in [7, 11) is 0. The zero-order valence-electron chi connectivity index (χ0n) is 19.6. The van der Waals surface area contributed by atoms with E-state index < -0.39 is 23.6 Å². The Labute approximate surface area is 204 Å². The number of hydrogen-bond acceptors (Lipinski definition) is 5. The lowest BCUT2D eigenvalue weighted by molar-refractivity contribution is -0.149. The maximum atomic E-state index is 13.1. The van der Waals surface area contributed by atoms with E-state index in [-0.39, 0.29) is 24.9 Å². The lowest BCUT2D eigenvalue weighted by Crippen LogP contribution is -2.55. The number of nitrogens with one attached hydrogen (secondary N) is 1. The van der Waals surface area contributed by atoms with Crippen LogP contribution in [0.15, 0.2) is 48.5 Å². The summed E-state index contributed by atoms with van der Waals surface area (Å²) in [5.74, 6) is -1.29. The highest BCUT2D eigenvalue weighted by atomic mass is 16.5. The van der Waals surface area contributed by atoms with Crippen LogP contribution in [-0.2, 0) is 19.1 Å². The van der Waals surface area contributed by atoms with E-state index >= 15 is 0 Å². The van der Waals surface area contributed by atoms with Crippen molar-refractivity contribution in [2.24, 2.45) is 0 Å². The minimum atomic E-state index is -0.985. The highest BCUT2D eigenvalue weighted by Crippen LogP contribution is 2.44. The zero-order chi connectivity index (χ0) is 24.4. The first-order valence-corrected chi connectivity index (χ1v) is 12.2. The van der Waals surface area contributed by atoms with E-state index in [0.717, 1.165) is 22.3 Å². The summed E-state index contributed by atoms with van der Waals surface area (Å²) >= 11 is 0. The number of alkyl carbamates (subject to hydrolysis) is 1. The Kier molecular flexibility index (Phi) is 6.47. The first-order chi connectivity index (χ1) is 17.0. The molecule has 0 spiro atoms. The molecule has 0 unspecified atom stereocenters. The first kappa shape index (κ1) is 23.4. The molecule has 0 radical (unpaired) electrons. The van der Waals surface area contributed by atoms with Gasteiger partial charge in [-0.1, -0.05) is 48.5 Å². The molecule has 8 nitrogen and oxygen atoms in total. The fourth-order valence-corrected chi connectivity index (χ4v) is 5.67. The summed E-state index contributed by atoms with van der Waals surface area (Å²) in [6.45, 7) is 1.44. The van der Waals surface area contributed by atoms with Gasteiger partial charge in [0.25, 0.3) is 0 Å². The molecule has 1 aliphatic carbocycles. The Bertz CT molecular complexity index is 1080. The molecular weight excluding hydrogens is 448 g/mol. The van der Waals surface area contributed by atoms with Crippen LogP contribution < -0.4 is 5.32 Å². The molecule has 184 valence electrons. The largest absolute Gasteiger partial charge is 0.480 e. The topological polar surface area (TPSA) is 105 Å². The number of carbonyl (C=O) groups is 3. The van der Waals surface area contributed by atoms with Crippen LogP contribution >= 0.6 is 0 Å². The summed E-state index contributed by atoms with van der Waals surface area (Å²) in [6.07, 6.45) is 1.51. The van der Waals surface area contributed by atoms with Crippen molar-refractivity contribution in [3.05, 3.63) is 59.7 Å². The van der Waals surface area contributed by atoms with Gasteiger partial charge in [-0.2, -0.15) is 0 Å². The molecule has 5 rings (SSSR count). The Morgan fingerprint density at radius 1 is 1.03 bits per heavy atom. The Morgan fingerprint density at radius 3 is 2.29 bits per heavy atom. The van der Waals surface area contributed by atoms with Gasteiger partial charge < -0.3 is 24.8 Å². The molecule has 2 N–H and O–H groups in total. The van der Waals surface area contributed by atoms with Crippen LogP contribution in [0.1, 0.15) is 49.1 Å². The zero-order valence-corrected chi connectivity index (χ0v) is 19.6. The highest BCUT2D eigenvalue weighted by molar-refractivity contribution is 5.85. The van der Waals surface area contributed by atoms with Crippen molar-refractivity contribution < 1.29 is 29.0 Å². The van der Waals surface area contributed by atoms with Crippen molar-refractivity contribution in [3.8, 4) is 11.1 Å². The molecule has 2 fully saturated rings. The third-order valence-electron chi connectivity index (χ3n) is 7.51. The third kappa shape index (κ3) is 4.62. The number of amides is 2.